The van der Waals surface area contributed by atoms with E-state index in [1.165, 1.54) is 17.4 Å². The number of rotatable bonds is 3. The van der Waals surface area contributed by atoms with Crippen LogP contribution in [0.1, 0.15) is 28.9 Å². The van der Waals surface area contributed by atoms with Crippen LogP contribution >= 0.6 is 0 Å². The summed E-state index contributed by atoms with van der Waals surface area (Å²) >= 11 is 0. The summed E-state index contributed by atoms with van der Waals surface area (Å²) in [7, 11) is 0. The number of carboxylic acid groups (broad SMARTS) is 1. The number of hydrogen-bond donors (Lipinski definition) is 4. The van der Waals surface area contributed by atoms with Crippen LogP contribution in [0.15, 0.2) is 24.3 Å². The van der Waals surface area contributed by atoms with Gasteiger partial charge in [-0.05, 0) is 24.6 Å². The van der Waals surface area contributed by atoms with E-state index >= 15 is 0 Å². The summed E-state index contributed by atoms with van der Waals surface area (Å²) < 4.78 is 39.7. The number of amides is 2. The van der Waals surface area contributed by atoms with Crippen LogP contribution in [0, 0.1) is 5.92 Å². The first-order valence-corrected chi connectivity index (χ1v) is 6.69. The van der Waals surface area contributed by atoms with Crippen LogP contribution in [0.2, 0.25) is 0 Å². The molecule has 1 saturated heterocycles. The molecule has 10 heteroatoms. The highest BCUT2D eigenvalue weighted by Crippen LogP contribution is 2.42. The smallest absolute Gasteiger partial charge is 0.437 e. The highest BCUT2D eigenvalue weighted by atomic mass is 19.4. The topological polar surface area (TPSA) is 116 Å². The zero-order valence-corrected chi connectivity index (χ0v) is 12.2. The first-order chi connectivity index (χ1) is 11.0. The van der Waals surface area contributed by atoms with Crippen molar-refractivity contribution in [3.8, 4) is 0 Å². The number of Topliss-reactive ketones (excluding diaryl/α,β-unsaturated/α-hetero) is 1. The normalized spacial score (nSPS) is 27.1. The number of carbonyl (C=O) groups is 3. The molecule has 0 unspecified atom stereocenters. The minimum atomic E-state index is -5.29. The third-order valence-corrected chi connectivity index (χ3v) is 3.76. The molecule has 1 aromatic carbocycles. The average molecular weight is 346 g/mol. The number of hydrogen-bond acceptors (Lipinski definition) is 4. The van der Waals surface area contributed by atoms with Crippen LogP contribution in [0.5, 0.6) is 0 Å². The summed E-state index contributed by atoms with van der Waals surface area (Å²) in [5, 5.41) is 22.3. The van der Waals surface area contributed by atoms with Gasteiger partial charge >= 0.3 is 18.2 Å². The van der Waals surface area contributed by atoms with Crippen LogP contribution in [0.25, 0.3) is 0 Å². The SMILES string of the molecule is CC(=O)[C@@H]1[C@H](c2ccc(C(=O)O)cc2)NC(=O)N[C@]1(O)C(F)(F)F. The van der Waals surface area contributed by atoms with Crippen molar-refractivity contribution in [3.63, 3.8) is 0 Å². The van der Waals surface area contributed by atoms with E-state index in [0.717, 1.165) is 19.1 Å². The Balaban J connectivity index is 2.52. The predicted octanol–water partition coefficient (Wildman–Crippen LogP) is 1.19. The number of aromatic carboxylic acids is 1. The van der Waals surface area contributed by atoms with Gasteiger partial charge in [0.1, 0.15) is 5.78 Å². The van der Waals surface area contributed by atoms with Crippen molar-refractivity contribution in [2.24, 2.45) is 5.92 Å². The van der Waals surface area contributed by atoms with Gasteiger partial charge in [-0.2, -0.15) is 13.2 Å². The van der Waals surface area contributed by atoms with Crippen LogP contribution in [-0.2, 0) is 4.79 Å². The summed E-state index contributed by atoms with van der Waals surface area (Å²) in [6.45, 7) is 0.860. The lowest BCUT2D eigenvalue weighted by atomic mass is 9.79. The molecule has 2 rings (SSSR count). The van der Waals surface area contributed by atoms with E-state index in [-0.39, 0.29) is 11.1 Å². The number of nitrogens with one attached hydrogen (secondary N) is 2. The van der Waals surface area contributed by atoms with Crippen LogP contribution in [0.4, 0.5) is 18.0 Å². The van der Waals surface area contributed by atoms with Crippen LogP contribution < -0.4 is 10.6 Å². The molecule has 24 heavy (non-hydrogen) atoms. The molecule has 0 bridgehead atoms. The Labute approximate surface area is 133 Å². The lowest BCUT2D eigenvalue weighted by Gasteiger charge is -2.44. The summed E-state index contributed by atoms with van der Waals surface area (Å²) in [6, 6.07) is 1.80. The number of carboxylic acids is 1. The molecular formula is C14H13F3N2O5. The van der Waals surface area contributed by atoms with E-state index in [1.807, 2.05) is 0 Å². The molecule has 0 saturated carbocycles. The largest absolute Gasteiger partial charge is 0.478 e. The highest BCUT2D eigenvalue weighted by Gasteiger charge is 2.65. The number of alkyl halides is 3. The summed E-state index contributed by atoms with van der Waals surface area (Å²) in [5.74, 6) is -4.30. The number of halogens is 3. The third-order valence-electron chi connectivity index (χ3n) is 3.76. The van der Waals surface area contributed by atoms with Crippen molar-refractivity contribution >= 4 is 17.8 Å². The molecule has 1 heterocycles. The average Bonchev–Trinajstić information content (AvgIpc) is 2.44. The van der Waals surface area contributed by atoms with E-state index in [9.17, 15) is 32.7 Å². The van der Waals surface area contributed by atoms with Gasteiger partial charge in [-0.15, -0.1) is 0 Å². The minimum Gasteiger partial charge on any atom is -0.478 e. The number of urea groups is 1. The second-order valence-electron chi connectivity index (χ2n) is 5.36. The zero-order chi connectivity index (χ0) is 18.3. The Kier molecular flexibility index (Phi) is 4.27. The van der Waals surface area contributed by atoms with Gasteiger partial charge in [0.2, 0.25) is 5.72 Å². The predicted molar refractivity (Wildman–Crippen MR) is 73.0 cm³/mol. The van der Waals surface area contributed by atoms with E-state index in [1.54, 1.807) is 0 Å². The number of carbonyl (C=O) groups excluding carboxylic acids is 2. The second-order valence-corrected chi connectivity index (χ2v) is 5.36. The third kappa shape index (κ3) is 2.92. The fraction of sp³-hybridized carbons (Fsp3) is 0.357. The Morgan fingerprint density at radius 2 is 1.75 bits per heavy atom. The fourth-order valence-corrected chi connectivity index (χ4v) is 2.64. The molecule has 2 amide bonds. The van der Waals surface area contributed by atoms with Gasteiger partial charge < -0.3 is 20.8 Å². The molecule has 130 valence electrons. The van der Waals surface area contributed by atoms with Gasteiger partial charge in [0.05, 0.1) is 17.5 Å². The van der Waals surface area contributed by atoms with Crippen molar-refractivity contribution in [2.45, 2.75) is 24.9 Å². The van der Waals surface area contributed by atoms with Gasteiger partial charge in [0, 0.05) is 0 Å². The first kappa shape index (κ1) is 17.7. The van der Waals surface area contributed by atoms with Gasteiger partial charge in [0.15, 0.2) is 0 Å². The Bertz CT molecular complexity index is 689. The van der Waals surface area contributed by atoms with E-state index in [2.05, 4.69) is 5.32 Å². The molecule has 0 spiro atoms. The van der Waals surface area contributed by atoms with Crippen molar-refractivity contribution in [3.05, 3.63) is 35.4 Å². The quantitative estimate of drug-likeness (QED) is 0.656. The van der Waals surface area contributed by atoms with Crippen molar-refractivity contribution in [1.29, 1.82) is 0 Å². The standard InChI is InChI=1S/C14H13F3N2O5/c1-6(20)9-10(7-2-4-8(5-3-7)11(21)22)18-12(23)19-13(9,24)14(15,16)17/h2-5,9-10,24H,1H3,(H,21,22)(H2,18,19,23)/t9-,10+,13-/m1/s1. The van der Waals surface area contributed by atoms with Gasteiger partial charge in [-0.25, -0.2) is 9.59 Å². The second kappa shape index (κ2) is 5.78. The van der Waals surface area contributed by atoms with Crippen LogP contribution in [0.3, 0.4) is 0 Å². The van der Waals surface area contributed by atoms with E-state index in [0.29, 0.717) is 0 Å². The monoisotopic (exact) mass is 346 g/mol. The summed E-state index contributed by atoms with van der Waals surface area (Å²) in [6.07, 6.45) is -5.29. The number of benzene rings is 1. The molecule has 1 aliphatic rings. The molecule has 0 aliphatic carbocycles. The fourth-order valence-electron chi connectivity index (χ4n) is 2.64. The van der Waals surface area contributed by atoms with Gasteiger partial charge in [0.25, 0.3) is 0 Å². The van der Waals surface area contributed by atoms with Crippen molar-refractivity contribution < 1.29 is 37.8 Å². The molecule has 7 nitrogen and oxygen atoms in total. The zero-order valence-electron chi connectivity index (χ0n) is 12.2. The molecule has 1 aromatic rings. The number of aliphatic hydroxyl groups is 1. The lowest BCUT2D eigenvalue weighted by molar-refractivity contribution is -0.290. The Morgan fingerprint density at radius 1 is 1.21 bits per heavy atom. The first-order valence-electron chi connectivity index (χ1n) is 6.69. The molecule has 0 aromatic heterocycles. The lowest BCUT2D eigenvalue weighted by Crippen LogP contribution is -2.72. The number of ketones is 1. The van der Waals surface area contributed by atoms with Crippen molar-refractivity contribution in [1.82, 2.24) is 10.6 Å². The van der Waals surface area contributed by atoms with E-state index in [4.69, 9.17) is 5.11 Å². The molecule has 1 fully saturated rings. The maximum Gasteiger partial charge on any atom is 0.437 e. The molecule has 3 atom stereocenters. The van der Waals surface area contributed by atoms with Gasteiger partial charge in [-0.3, -0.25) is 4.79 Å². The summed E-state index contributed by atoms with van der Waals surface area (Å²) in [4.78, 5) is 34.2. The molecule has 1 aliphatic heterocycles. The summed E-state index contributed by atoms with van der Waals surface area (Å²) in [5.41, 5.74) is -3.81. The van der Waals surface area contributed by atoms with Crippen LogP contribution in [-0.4, -0.2) is 39.9 Å². The molecule has 4 N–H and O–H groups in total. The van der Waals surface area contributed by atoms with Crippen molar-refractivity contribution in [2.75, 3.05) is 0 Å². The maximum atomic E-state index is 13.2. The Morgan fingerprint density at radius 3 is 2.17 bits per heavy atom. The highest BCUT2D eigenvalue weighted by molar-refractivity contribution is 5.88. The minimum absolute atomic E-state index is 0.0534. The Hall–Kier alpha value is -2.62. The molecule has 0 radical (unpaired) electrons. The van der Waals surface area contributed by atoms with Gasteiger partial charge in [-0.1, -0.05) is 12.1 Å². The maximum absolute atomic E-state index is 13.2. The molecular weight excluding hydrogens is 333 g/mol. The van der Waals surface area contributed by atoms with E-state index < -0.39 is 41.6 Å².